The summed E-state index contributed by atoms with van der Waals surface area (Å²) in [6.45, 7) is 3.41. The van der Waals surface area contributed by atoms with Gasteiger partial charge in [-0.25, -0.2) is 4.39 Å². The van der Waals surface area contributed by atoms with Gasteiger partial charge in [0.2, 0.25) is 0 Å². The van der Waals surface area contributed by atoms with Gasteiger partial charge >= 0.3 is 0 Å². The molecule has 0 aliphatic carbocycles. The summed E-state index contributed by atoms with van der Waals surface area (Å²) in [6.07, 6.45) is 4.61. The van der Waals surface area contributed by atoms with Crippen LogP contribution < -0.4 is 21.0 Å². The number of rotatable bonds is 6. The fraction of sp³-hybridized carbons (Fsp3) is 0.440. The Bertz CT molecular complexity index is 1040. The molecule has 1 atom stereocenters. The first-order chi connectivity index (χ1) is 16.3. The highest BCUT2D eigenvalue weighted by atomic mass is 35.5. The number of piperidine rings is 1. The number of anilines is 2. The second-order valence-corrected chi connectivity index (χ2v) is 10.1. The third-order valence-corrected chi connectivity index (χ3v) is 7.23. The van der Waals surface area contributed by atoms with Crippen molar-refractivity contribution in [2.75, 3.05) is 50.1 Å². The standard InChI is InChI=1S/C25H32ClFN6S/c1-31(2)21-9-12-33(16-21)23-14-24(22(27)13-19(23)15-29-30-25(28)34)32-10-7-18(8-11-32)17-3-5-20(26)6-4-17/h3-6,13-15,18,21H,7-12,16H2,1-2H3,(H3,28,30,34)/t21-/m1/s1. The largest absolute Gasteiger partial charge is 0.375 e. The van der Waals surface area contributed by atoms with Gasteiger partial charge in [-0.2, -0.15) is 5.10 Å². The number of halogens is 2. The summed E-state index contributed by atoms with van der Waals surface area (Å²) in [5.41, 5.74) is 11.7. The molecule has 0 saturated carbocycles. The molecular weight excluding hydrogens is 471 g/mol. The highest BCUT2D eigenvalue weighted by Crippen LogP contribution is 2.36. The van der Waals surface area contributed by atoms with E-state index in [1.807, 2.05) is 18.2 Å². The Kier molecular flexibility index (Phi) is 7.91. The number of nitrogens with one attached hydrogen (secondary N) is 1. The van der Waals surface area contributed by atoms with Crippen LogP contribution in [0.15, 0.2) is 41.5 Å². The number of benzene rings is 2. The lowest BCUT2D eigenvalue weighted by atomic mass is 9.89. The van der Waals surface area contributed by atoms with E-state index in [2.05, 4.69) is 51.5 Å². The van der Waals surface area contributed by atoms with E-state index in [-0.39, 0.29) is 10.9 Å². The van der Waals surface area contributed by atoms with E-state index in [1.54, 1.807) is 12.3 Å². The number of hydrazone groups is 1. The van der Waals surface area contributed by atoms with Crippen LogP contribution in [0.25, 0.3) is 0 Å². The molecule has 0 radical (unpaired) electrons. The molecule has 0 bridgehead atoms. The van der Waals surface area contributed by atoms with Crippen molar-refractivity contribution in [1.29, 1.82) is 0 Å². The van der Waals surface area contributed by atoms with Gasteiger partial charge in [-0.05, 0) is 81.3 Å². The normalized spacial score (nSPS) is 19.4. The van der Waals surface area contributed by atoms with E-state index >= 15 is 4.39 Å². The predicted molar refractivity (Wildman–Crippen MR) is 144 cm³/mol. The second-order valence-electron chi connectivity index (χ2n) is 9.26. The van der Waals surface area contributed by atoms with Crippen molar-refractivity contribution >= 4 is 46.5 Å². The van der Waals surface area contributed by atoms with Gasteiger partial charge in [0, 0.05) is 48.5 Å². The summed E-state index contributed by atoms with van der Waals surface area (Å²) < 4.78 is 15.3. The van der Waals surface area contributed by atoms with Crippen LogP contribution in [0.1, 0.15) is 36.3 Å². The van der Waals surface area contributed by atoms with Crippen LogP contribution in [0.2, 0.25) is 5.02 Å². The predicted octanol–water partition coefficient (Wildman–Crippen LogP) is 4.17. The van der Waals surface area contributed by atoms with Gasteiger partial charge in [-0.1, -0.05) is 23.7 Å². The maximum atomic E-state index is 15.3. The first-order valence-corrected chi connectivity index (χ1v) is 12.4. The zero-order valence-electron chi connectivity index (χ0n) is 19.7. The molecule has 0 aromatic heterocycles. The number of hydrogen-bond donors (Lipinski definition) is 2. The summed E-state index contributed by atoms with van der Waals surface area (Å²) >= 11 is 10.9. The van der Waals surface area contributed by atoms with E-state index in [0.29, 0.717) is 23.2 Å². The molecule has 4 rings (SSSR count). The molecule has 182 valence electrons. The number of thiocarbonyl (C=S) groups is 1. The fourth-order valence-electron chi connectivity index (χ4n) is 4.92. The Morgan fingerprint density at radius 1 is 1.12 bits per heavy atom. The summed E-state index contributed by atoms with van der Waals surface area (Å²) in [5.74, 6) is 0.224. The highest BCUT2D eigenvalue weighted by Gasteiger charge is 2.28. The lowest BCUT2D eigenvalue weighted by molar-refractivity contribution is 0.315. The molecule has 0 unspecified atom stereocenters. The minimum Gasteiger partial charge on any atom is -0.375 e. The van der Waals surface area contributed by atoms with Crippen LogP contribution in [-0.4, -0.2) is 62.5 Å². The number of nitrogens with two attached hydrogens (primary N) is 1. The Hall–Kier alpha value is -2.42. The van der Waals surface area contributed by atoms with E-state index in [4.69, 9.17) is 29.6 Å². The van der Waals surface area contributed by atoms with Crippen LogP contribution >= 0.6 is 23.8 Å². The molecule has 2 aromatic rings. The van der Waals surface area contributed by atoms with Crippen molar-refractivity contribution in [3.63, 3.8) is 0 Å². The zero-order chi connectivity index (χ0) is 24.2. The van der Waals surface area contributed by atoms with Crippen LogP contribution in [0, 0.1) is 5.82 Å². The molecule has 34 heavy (non-hydrogen) atoms. The third-order valence-electron chi connectivity index (χ3n) is 6.89. The average molecular weight is 503 g/mol. The van der Waals surface area contributed by atoms with Gasteiger partial charge in [0.05, 0.1) is 11.9 Å². The molecule has 2 aromatic carbocycles. The van der Waals surface area contributed by atoms with Crippen LogP contribution in [0.4, 0.5) is 15.8 Å². The molecule has 9 heteroatoms. The molecule has 2 aliphatic heterocycles. The van der Waals surface area contributed by atoms with Gasteiger partial charge in [-0.15, -0.1) is 0 Å². The molecule has 2 fully saturated rings. The van der Waals surface area contributed by atoms with Crippen LogP contribution in [0.5, 0.6) is 0 Å². The minimum absolute atomic E-state index is 0.0762. The summed E-state index contributed by atoms with van der Waals surface area (Å²) in [4.78, 5) is 6.73. The maximum Gasteiger partial charge on any atom is 0.184 e. The lowest BCUT2D eigenvalue weighted by Crippen LogP contribution is -2.34. The van der Waals surface area contributed by atoms with E-state index < -0.39 is 0 Å². The molecule has 6 nitrogen and oxygen atoms in total. The number of hydrogen-bond acceptors (Lipinski definition) is 5. The zero-order valence-corrected chi connectivity index (χ0v) is 21.2. The first-order valence-electron chi connectivity index (χ1n) is 11.7. The van der Waals surface area contributed by atoms with Crippen LogP contribution in [0.3, 0.4) is 0 Å². The van der Waals surface area contributed by atoms with Crippen molar-refractivity contribution in [2.45, 2.75) is 31.2 Å². The molecule has 2 heterocycles. The van der Waals surface area contributed by atoms with E-state index in [9.17, 15) is 0 Å². The topological polar surface area (TPSA) is 60.1 Å². The van der Waals surface area contributed by atoms with Gasteiger partial charge in [0.25, 0.3) is 0 Å². The highest BCUT2D eigenvalue weighted by molar-refractivity contribution is 7.80. The van der Waals surface area contributed by atoms with E-state index in [0.717, 1.165) is 56.2 Å². The summed E-state index contributed by atoms with van der Waals surface area (Å²) in [5, 5.41) is 4.92. The molecule has 3 N–H and O–H groups in total. The van der Waals surface area contributed by atoms with Crippen LogP contribution in [-0.2, 0) is 0 Å². The van der Waals surface area contributed by atoms with Crippen molar-refractivity contribution < 1.29 is 4.39 Å². The van der Waals surface area contributed by atoms with Crippen molar-refractivity contribution in [2.24, 2.45) is 10.8 Å². The van der Waals surface area contributed by atoms with Crippen molar-refractivity contribution in [3.8, 4) is 0 Å². The third kappa shape index (κ3) is 5.79. The number of nitrogens with zero attached hydrogens (tertiary/aromatic N) is 4. The molecule has 2 saturated heterocycles. The molecule has 0 amide bonds. The van der Waals surface area contributed by atoms with Gasteiger partial charge < -0.3 is 20.4 Å². The monoisotopic (exact) mass is 502 g/mol. The Balaban J connectivity index is 1.56. The van der Waals surface area contributed by atoms with Gasteiger partial charge in [0.15, 0.2) is 5.11 Å². The Labute approximate surface area is 211 Å². The summed E-state index contributed by atoms with van der Waals surface area (Å²) in [6, 6.07) is 12.1. The minimum atomic E-state index is -0.242. The fourth-order valence-corrected chi connectivity index (χ4v) is 5.10. The average Bonchev–Trinajstić information content (AvgIpc) is 3.30. The molecular formula is C25H32ClFN6S. The van der Waals surface area contributed by atoms with Gasteiger partial charge in [0.1, 0.15) is 5.82 Å². The lowest BCUT2D eigenvalue weighted by Gasteiger charge is -2.35. The van der Waals surface area contributed by atoms with Crippen molar-refractivity contribution in [3.05, 3.63) is 58.4 Å². The van der Waals surface area contributed by atoms with Crippen molar-refractivity contribution in [1.82, 2.24) is 10.3 Å². The smallest absolute Gasteiger partial charge is 0.184 e. The SMILES string of the molecule is CN(C)[C@@H]1CCN(c2cc(N3CCC(c4ccc(Cl)cc4)CC3)c(F)cc2C=NNC(N)=S)C1. The molecule has 2 aliphatic rings. The Morgan fingerprint density at radius 3 is 2.41 bits per heavy atom. The van der Waals surface area contributed by atoms with Gasteiger partial charge in [-0.3, -0.25) is 5.43 Å². The Morgan fingerprint density at radius 2 is 1.79 bits per heavy atom. The summed E-state index contributed by atoms with van der Waals surface area (Å²) in [7, 11) is 4.20. The first kappa shape index (κ1) is 24.7. The molecule has 0 spiro atoms. The maximum absolute atomic E-state index is 15.3. The number of likely N-dealkylation sites (N-methyl/N-ethyl adjacent to an activating group) is 1. The quantitative estimate of drug-likeness (QED) is 0.351. The van der Waals surface area contributed by atoms with E-state index in [1.165, 1.54) is 5.56 Å². The second kappa shape index (κ2) is 10.9.